The zero-order valence-corrected chi connectivity index (χ0v) is 8.53. The molecule has 0 fully saturated rings. The molecule has 0 radical (unpaired) electrons. The molecule has 66 valence electrons. The lowest BCUT2D eigenvalue weighted by molar-refractivity contribution is 0.481. The molecule has 0 saturated carbocycles. The third-order valence-corrected chi connectivity index (χ3v) is 2.92. The van der Waals surface area contributed by atoms with Gasteiger partial charge in [-0.1, -0.05) is 13.0 Å². The van der Waals surface area contributed by atoms with Gasteiger partial charge in [0.2, 0.25) is 0 Å². The third-order valence-electron chi connectivity index (χ3n) is 1.79. The lowest BCUT2D eigenvalue weighted by Crippen LogP contribution is -2.18. The number of alkyl halides is 1. The Bertz CT molecular complexity index is 248. The zero-order chi connectivity index (χ0) is 9.03. The second-order valence-electron chi connectivity index (χ2n) is 3.07. The second kappa shape index (κ2) is 4.01. The molecule has 2 nitrogen and oxygen atoms in total. The molecule has 1 rings (SSSR count). The van der Waals surface area contributed by atoms with Gasteiger partial charge in [0.05, 0.1) is 23.6 Å². The maximum absolute atomic E-state index is 5.81. The zero-order valence-electron chi connectivity index (χ0n) is 6.96. The molecule has 0 aliphatic carbocycles. The molecule has 0 aliphatic rings. The van der Waals surface area contributed by atoms with Crippen LogP contribution in [0.5, 0.6) is 0 Å². The van der Waals surface area contributed by atoms with Crippen molar-refractivity contribution >= 4 is 23.3 Å². The molecule has 1 aromatic heterocycles. The van der Waals surface area contributed by atoms with E-state index >= 15 is 0 Å². The van der Waals surface area contributed by atoms with E-state index in [9.17, 15) is 0 Å². The van der Waals surface area contributed by atoms with Crippen LogP contribution in [0.1, 0.15) is 12.6 Å². The molecule has 12 heavy (non-hydrogen) atoms. The standard InChI is InChI=1S/C8H11ClN2S/c1-3-8(2,6-9)4-7-5-10-12-11-7/h3,5H,1,4,6H2,2H3. The molecule has 0 spiro atoms. The summed E-state index contributed by atoms with van der Waals surface area (Å²) in [5.41, 5.74) is 0.931. The van der Waals surface area contributed by atoms with Crippen LogP contribution < -0.4 is 0 Å². The normalized spacial score (nSPS) is 15.5. The van der Waals surface area contributed by atoms with E-state index in [0.29, 0.717) is 5.88 Å². The van der Waals surface area contributed by atoms with Gasteiger partial charge < -0.3 is 0 Å². The van der Waals surface area contributed by atoms with E-state index < -0.39 is 0 Å². The minimum atomic E-state index is -0.0582. The van der Waals surface area contributed by atoms with Gasteiger partial charge in [-0.2, -0.15) is 8.75 Å². The molecule has 1 atom stereocenters. The number of allylic oxidation sites excluding steroid dienone is 1. The molecule has 1 heterocycles. The van der Waals surface area contributed by atoms with Crippen molar-refractivity contribution in [2.45, 2.75) is 13.3 Å². The van der Waals surface area contributed by atoms with E-state index in [-0.39, 0.29) is 5.41 Å². The average molecular weight is 203 g/mol. The van der Waals surface area contributed by atoms with Crippen molar-refractivity contribution < 1.29 is 0 Å². The van der Waals surface area contributed by atoms with Crippen LogP contribution in [-0.2, 0) is 6.42 Å². The first-order valence-electron chi connectivity index (χ1n) is 3.66. The van der Waals surface area contributed by atoms with E-state index in [4.69, 9.17) is 11.6 Å². The molecular weight excluding hydrogens is 192 g/mol. The summed E-state index contributed by atoms with van der Waals surface area (Å²) in [6, 6.07) is 0. The Morgan fingerprint density at radius 2 is 2.58 bits per heavy atom. The molecule has 0 N–H and O–H groups in total. The Morgan fingerprint density at radius 1 is 1.83 bits per heavy atom. The van der Waals surface area contributed by atoms with Crippen molar-refractivity contribution in [3.63, 3.8) is 0 Å². The van der Waals surface area contributed by atoms with E-state index in [1.165, 1.54) is 11.7 Å². The minimum absolute atomic E-state index is 0.0582. The van der Waals surface area contributed by atoms with Gasteiger partial charge in [0.25, 0.3) is 0 Å². The molecular formula is C8H11ClN2S. The van der Waals surface area contributed by atoms with Crippen molar-refractivity contribution in [1.82, 2.24) is 8.75 Å². The first kappa shape index (κ1) is 9.68. The lowest BCUT2D eigenvalue weighted by atomic mass is 9.88. The SMILES string of the molecule is C=CC(C)(CCl)Cc1cnsn1. The first-order valence-corrected chi connectivity index (χ1v) is 4.93. The van der Waals surface area contributed by atoms with Crippen molar-refractivity contribution in [2.75, 3.05) is 5.88 Å². The monoisotopic (exact) mass is 202 g/mol. The Kier molecular flexibility index (Phi) is 3.23. The van der Waals surface area contributed by atoms with Gasteiger partial charge in [-0.25, -0.2) is 0 Å². The van der Waals surface area contributed by atoms with Crippen LogP contribution in [0.15, 0.2) is 18.9 Å². The Balaban J connectivity index is 2.66. The van der Waals surface area contributed by atoms with E-state index in [2.05, 4.69) is 22.2 Å². The van der Waals surface area contributed by atoms with Gasteiger partial charge in [-0.15, -0.1) is 18.2 Å². The van der Waals surface area contributed by atoms with Gasteiger partial charge in [0, 0.05) is 17.7 Å². The van der Waals surface area contributed by atoms with Gasteiger partial charge in [0.1, 0.15) is 0 Å². The van der Waals surface area contributed by atoms with E-state index in [0.717, 1.165) is 12.1 Å². The quantitative estimate of drug-likeness (QED) is 0.554. The second-order valence-corrected chi connectivity index (χ2v) is 3.89. The summed E-state index contributed by atoms with van der Waals surface area (Å²) < 4.78 is 8.05. The maximum atomic E-state index is 5.81. The fourth-order valence-corrected chi connectivity index (χ4v) is 1.49. The molecule has 1 aromatic rings. The number of aromatic nitrogens is 2. The van der Waals surface area contributed by atoms with Crippen LogP contribution in [-0.4, -0.2) is 14.6 Å². The summed E-state index contributed by atoms with van der Waals surface area (Å²) in [6.45, 7) is 5.82. The van der Waals surface area contributed by atoms with Crippen molar-refractivity contribution in [3.05, 3.63) is 24.5 Å². The molecule has 4 heteroatoms. The fraction of sp³-hybridized carbons (Fsp3) is 0.500. The van der Waals surface area contributed by atoms with Crippen molar-refractivity contribution in [1.29, 1.82) is 0 Å². The third kappa shape index (κ3) is 2.29. The molecule has 1 unspecified atom stereocenters. The van der Waals surface area contributed by atoms with Gasteiger partial charge >= 0.3 is 0 Å². The Labute approximate surface area is 81.6 Å². The topological polar surface area (TPSA) is 25.8 Å². The maximum Gasteiger partial charge on any atom is 0.0752 e. The number of halogens is 1. The summed E-state index contributed by atoms with van der Waals surface area (Å²) in [5.74, 6) is 0.564. The van der Waals surface area contributed by atoms with Crippen molar-refractivity contribution in [3.8, 4) is 0 Å². The number of hydrogen-bond acceptors (Lipinski definition) is 3. The summed E-state index contributed by atoms with van der Waals surface area (Å²) in [4.78, 5) is 0. The van der Waals surface area contributed by atoms with Crippen LogP contribution in [0, 0.1) is 5.41 Å². The Hall–Kier alpha value is -0.410. The summed E-state index contributed by atoms with van der Waals surface area (Å²) in [5, 5.41) is 0. The van der Waals surface area contributed by atoms with Gasteiger partial charge in [-0.3, -0.25) is 0 Å². The first-order chi connectivity index (χ1) is 5.70. The van der Waals surface area contributed by atoms with Crippen LogP contribution in [0.3, 0.4) is 0 Å². The molecule has 0 saturated heterocycles. The number of hydrogen-bond donors (Lipinski definition) is 0. The predicted molar refractivity (Wildman–Crippen MR) is 52.6 cm³/mol. The highest BCUT2D eigenvalue weighted by molar-refractivity contribution is 6.99. The number of nitrogens with zero attached hydrogens (tertiary/aromatic N) is 2. The van der Waals surface area contributed by atoms with Crippen LogP contribution >= 0.6 is 23.3 Å². The van der Waals surface area contributed by atoms with E-state index in [1.807, 2.05) is 6.08 Å². The fourth-order valence-electron chi connectivity index (χ4n) is 0.850. The predicted octanol–water partition coefficient (Wildman–Crippen LogP) is 2.51. The average Bonchev–Trinajstić information content (AvgIpc) is 2.57. The molecule has 0 bridgehead atoms. The highest BCUT2D eigenvalue weighted by Crippen LogP contribution is 2.24. The summed E-state index contributed by atoms with van der Waals surface area (Å²) >= 11 is 7.03. The molecule has 0 amide bonds. The largest absolute Gasteiger partial charge is 0.181 e. The highest BCUT2D eigenvalue weighted by Gasteiger charge is 2.20. The lowest BCUT2D eigenvalue weighted by Gasteiger charge is -2.20. The van der Waals surface area contributed by atoms with E-state index in [1.54, 1.807) is 6.20 Å². The number of rotatable bonds is 4. The molecule has 0 aromatic carbocycles. The van der Waals surface area contributed by atoms with Gasteiger partial charge in [0.15, 0.2) is 0 Å². The summed E-state index contributed by atoms with van der Waals surface area (Å²) in [7, 11) is 0. The summed E-state index contributed by atoms with van der Waals surface area (Å²) in [6.07, 6.45) is 4.47. The van der Waals surface area contributed by atoms with Gasteiger partial charge in [-0.05, 0) is 0 Å². The molecule has 0 aliphatic heterocycles. The van der Waals surface area contributed by atoms with Crippen LogP contribution in [0.25, 0.3) is 0 Å². The Morgan fingerprint density at radius 3 is 3.00 bits per heavy atom. The van der Waals surface area contributed by atoms with Crippen LogP contribution in [0.2, 0.25) is 0 Å². The smallest absolute Gasteiger partial charge is 0.0752 e. The van der Waals surface area contributed by atoms with Crippen molar-refractivity contribution in [2.24, 2.45) is 5.41 Å². The highest BCUT2D eigenvalue weighted by atomic mass is 35.5. The minimum Gasteiger partial charge on any atom is -0.181 e. The van der Waals surface area contributed by atoms with Crippen LogP contribution in [0.4, 0.5) is 0 Å².